The number of pyridine rings is 1. The molecule has 0 fully saturated rings. The fourth-order valence-corrected chi connectivity index (χ4v) is 2.64. The van der Waals surface area contributed by atoms with Crippen molar-refractivity contribution < 1.29 is 4.42 Å². The quantitative estimate of drug-likeness (QED) is 0.802. The normalized spacial score (nSPS) is 10.7. The van der Waals surface area contributed by atoms with Crippen LogP contribution in [0.4, 0.5) is 5.82 Å². The standard InChI is InChI=1S/C17H17N5O/c1-4-12-5-6-14(23-12)15-10(2)16(11-8-20-22(3)9-11)21-17(19)13(15)7-18/h5-6,8-9H,4H2,1-3H3,(H2,19,21). The van der Waals surface area contributed by atoms with Gasteiger partial charge in [-0.25, -0.2) is 4.98 Å². The van der Waals surface area contributed by atoms with Gasteiger partial charge in [-0.1, -0.05) is 6.92 Å². The number of nitrogen functional groups attached to an aromatic ring is 1. The van der Waals surface area contributed by atoms with Crippen LogP contribution in [0.1, 0.15) is 23.8 Å². The monoisotopic (exact) mass is 307 g/mol. The van der Waals surface area contributed by atoms with Crippen molar-refractivity contribution >= 4 is 5.82 Å². The molecule has 0 saturated heterocycles. The lowest BCUT2D eigenvalue weighted by Gasteiger charge is -2.12. The van der Waals surface area contributed by atoms with Gasteiger partial charge >= 0.3 is 0 Å². The molecule has 3 rings (SSSR count). The Morgan fingerprint density at radius 1 is 1.39 bits per heavy atom. The molecule has 0 aliphatic carbocycles. The number of hydrogen-bond acceptors (Lipinski definition) is 5. The highest BCUT2D eigenvalue weighted by atomic mass is 16.3. The Kier molecular flexibility index (Phi) is 3.62. The fraction of sp³-hybridized carbons (Fsp3) is 0.235. The number of nitrogens with two attached hydrogens (primary N) is 1. The Hall–Kier alpha value is -3.07. The maximum atomic E-state index is 9.49. The van der Waals surface area contributed by atoms with Crippen molar-refractivity contribution in [3.63, 3.8) is 0 Å². The molecule has 0 radical (unpaired) electrons. The van der Waals surface area contributed by atoms with Gasteiger partial charge in [0, 0.05) is 30.8 Å². The van der Waals surface area contributed by atoms with Crippen molar-refractivity contribution in [2.24, 2.45) is 7.05 Å². The molecule has 0 bridgehead atoms. The van der Waals surface area contributed by atoms with E-state index in [-0.39, 0.29) is 5.82 Å². The van der Waals surface area contributed by atoms with E-state index in [1.54, 1.807) is 10.9 Å². The number of anilines is 1. The molecule has 0 amide bonds. The summed E-state index contributed by atoms with van der Waals surface area (Å²) in [5, 5.41) is 13.7. The Morgan fingerprint density at radius 3 is 2.74 bits per heavy atom. The number of hydrogen-bond donors (Lipinski definition) is 1. The molecule has 0 atom stereocenters. The molecule has 3 heterocycles. The predicted molar refractivity (Wildman–Crippen MR) is 87.4 cm³/mol. The van der Waals surface area contributed by atoms with E-state index in [1.165, 1.54) is 0 Å². The Bertz CT molecular complexity index is 914. The minimum absolute atomic E-state index is 0.196. The number of furan rings is 1. The molecule has 0 spiro atoms. The number of aryl methyl sites for hydroxylation is 2. The van der Waals surface area contributed by atoms with Crippen LogP contribution in [0, 0.1) is 18.3 Å². The third kappa shape index (κ3) is 2.46. The molecule has 6 nitrogen and oxygen atoms in total. The van der Waals surface area contributed by atoms with Crippen LogP contribution in [0.3, 0.4) is 0 Å². The number of nitriles is 1. The summed E-state index contributed by atoms with van der Waals surface area (Å²) in [6.45, 7) is 3.93. The molecule has 6 heteroatoms. The summed E-state index contributed by atoms with van der Waals surface area (Å²) < 4.78 is 7.54. The smallest absolute Gasteiger partial charge is 0.142 e. The van der Waals surface area contributed by atoms with Crippen molar-refractivity contribution in [1.82, 2.24) is 14.8 Å². The van der Waals surface area contributed by atoms with Crippen molar-refractivity contribution in [3.05, 3.63) is 41.4 Å². The Labute approximate surface area is 134 Å². The van der Waals surface area contributed by atoms with Gasteiger partial charge in [-0.2, -0.15) is 10.4 Å². The second-order valence-electron chi connectivity index (χ2n) is 5.35. The van der Waals surface area contributed by atoms with Gasteiger partial charge in [-0.3, -0.25) is 4.68 Å². The van der Waals surface area contributed by atoms with Crippen LogP contribution >= 0.6 is 0 Å². The van der Waals surface area contributed by atoms with Crippen LogP contribution in [-0.2, 0) is 13.5 Å². The highest BCUT2D eigenvalue weighted by molar-refractivity contribution is 5.81. The van der Waals surface area contributed by atoms with Crippen molar-refractivity contribution in [2.45, 2.75) is 20.3 Å². The highest BCUT2D eigenvalue weighted by Crippen LogP contribution is 2.36. The number of nitrogens with zero attached hydrogens (tertiary/aromatic N) is 4. The molecule has 3 aromatic heterocycles. The Morgan fingerprint density at radius 2 is 2.17 bits per heavy atom. The van der Waals surface area contributed by atoms with Crippen LogP contribution in [0.15, 0.2) is 28.9 Å². The maximum Gasteiger partial charge on any atom is 0.142 e. The van der Waals surface area contributed by atoms with Crippen LogP contribution in [0.2, 0.25) is 0 Å². The minimum Gasteiger partial charge on any atom is -0.461 e. The van der Waals surface area contributed by atoms with Crippen LogP contribution in [0.5, 0.6) is 0 Å². The third-order valence-corrected chi connectivity index (χ3v) is 3.82. The van der Waals surface area contributed by atoms with Gasteiger partial charge in [0.25, 0.3) is 0 Å². The van der Waals surface area contributed by atoms with E-state index in [1.807, 2.05) is 39.2 Å². The molecule has 2 N–H and O–H groups in total. The van der Waals surface area contributed by atoms with Crippen molar-refractivity contribution in [2.75, 3.05) is 5.73 Å². The van der Waals surface area contributed by atoms with E-state index in [4.69, 9.17) is 10.2 Å². The summed E-state index contributed by atoms with van der Waals surface area (Å²) in [7, 11) is 1.84. The van der Waals surface area contributed by atoms with Gasteiger partial charge in [-0.15, -0.1) is 0 Å². The van der Waals surface area contributed by atoms with Gasteiger partial charge < -0.3 is 10.2 Å². The van der Waals surface area contributed by atoms with Gasteiger partial charge in [0.15, 0.2) is 0 Å². The molecular formula is C17H17N5O. The molecular weight excluding hydrogens is 290 g/mol. The van der Waals surface area contributed by atoms with Crippen molar-refractivity contribution in [3.8, 4) is 28.7 Å². The molecule has 3 aromatic rings. The second-order valence-corrected chi connectivity index (χ2v) is 5.35. The van der Waals surface area contributed by atoms with Gasteiger partial charge in [0.1, 0.15) is 29.0 Å². The molecule has 0 unspecified atom stereocenters. The van der Waals surface area contributed by atoms with Gasteiger partial charge in [-0.05, 0) is 24.6 Å². The lowest BCUT2D eigenvalue weighted by molar-refractivity contribution is 0.529. The molecule has 116 valence electrons. The van der Waals surface area contributed by atoms with E-state index in [2.05, 4.69) is 16.2 Å². The third-order valence-electron chi connectivity index (χ3n) is 3.82. The SMILES string of the molecule is CCc1ccc(-c2c(C)c(-c3cnn(C)c3)nc(N)c2C#N)o1. The maximum absolute atomic E-state index is 9.49. The zero-order valence-corrected chi connectivity index (χ0v) is 13.3. The average Bonchev–Trinajstić information content (AvgIpc) is 3.17. The fourth-order valence-electron chi connectivity index (χ4n) is 2.64. The zero-order chi connectivity index (χ0) is 16.6. The first-order valence-electron chi connectivity index (χ1n) is 7.33. The molecule has 0 aliphatic rings. The largest absolute Gasteiger partial charge is 0.461 e. The molecule has 0 aliphatic heterocycles. The first-order valence-corrected chi connectivity index (χ1v) is 7.33. The summed E-state index contributed by atoms with van der Waals surface area (Å²) >= 11 is 0. The van der Waals surface area contributed by atoms with Crippen LogP contribution < -0.4 is 5.73 Å². The van der Waals surface area contributed by atoms with E-state index in [0.717, 1.165) is 23.3 Å². The van der Waals surface area contributed by atoms with Crippen molar-refractivity contribution in [1.29, 1.82) is 5.26 Å². The molecule has 0 saturated carbocycles. The van der Waals surface area contributed by atoms with Gasteiger partial charge in [0.05, 0.1) is 11.9 Å². The summed E-state index contributed by atoms with van der Waals surface area (Å²) in [4.78, 5) is 4.40. The first-order chi connectivity index (χ1) is 11.0. The van der Waals surface area contributed by atoms with E-state index >= 15 is 0 Å². The lowest BCUT2D eigenvalue weighted by atomic mass is 9.97. The summed E-state index contributed by atoms with van der Waals surface area (Å²) in [5.41, 5.74) is 9.46. The van der Waals surface area contributed by atoms with E-state index in [9.17, 15) is 5.26 Å². The highest BCUT2D eigenvalue weighted by Gasteiger charge is 2.21. The summed E-state index contributed by atoms with van der Waals surface area (Å²) in [6.07, 6.45) is 4.38. The predicted octanol–water partition coefficient (Wildman–Crippen LogP) is 3.07. The summed E-state index contributed by atoms with van der Waals surface area (Å²) in [5.74, 6) is 1.69. The number of rotatable bonds is 3. The molecule has 23 heavy (non-hydrogen) atoms. The second kappa shape index (κ2) is 5.61. The van der Waals surface area contributed by atoms with Crippen LogP contribution in [0.25, 0.3) is 22.6 Å². The van der Waals surface area contributed by atoms with E-state index in [0.29, 0.717) is 22.6 Å². The minimum atomic E-state index is 0.196. The zero-order valence-electron chi connectivity index (χ0n) is 13.3. The Balaban J connectivity index is 2.28. The molecule has 0 aromatic carbocycles. The van der Waals surface area contributed by atoms with E-state index < -0.39 is 0 Å². The summed E-state index contributed by atoms with van der Waals surface area (Å²) in [6, 6.07) is 5.93. The number of aromatic nitrogens is 3. The van der Waals surface area contributed by atoms with Crippen LogP contribution in [-0.4, -0.2) is 14.8 Å². The van der Waals surface area contributed by atoms with Gasteiger partial charge in [0.2, 0.25) is 0 Å². The lowest BCUT2D eigenvalue weighted by Crippen LogP contribution is -2.02. The first kappa shape index (κ1) is 14.9. The average molecular weight is 307 g/mol. The topological polar surface area (TPSA) is 93.7 Å².